The van der Waals surface area contributed by atoms with Crippen LogP contribution in [0.15, 0.2) is 23.1 Å². The van der Waals surface area contributed by atoms with Gasteiger partial charge in [0.2, 0.25) is 0 Å². The lowest BCUT2D eigenvalue weighted by Crippen LogP contribution is -2.40. The molecule has 0 aliphatic carbocycles. The number of allylic oxidation sites excluding steroid dienone is 1. The Bertz CT molecular complexity index is 904. The first kappa shape index (κ1) is 27.1. The predicted octanol–water partition coefficient (Wildman–Crippen LogP) is 3.67. The van der Waals surface area contributed by atoms with Crippen molar-refractivity contribution in [3.05, 3.63) is 33.8 Å². The third-order valence-electron chi connectivity index (χ3n) is 6.25. The summed E-state index contributed by atoms with van der Waals surface area (Å²) in [7, 11) is 0. The molecule has 0 radical (unpaired) electrons. The maximum atomic E-state index is 12.8. The average Bonchev–Trinajstić information content (AvgIpc) is 3.18. The van der Waals surface area contributed by atoms with E-state index in [4.69, 9.17) is 4.74 Å². The second-order valence-corrected chi connectivity index (χ2v) is 9.96. The fourth-order valence-corrected chi connectivity index (χ4v) is 4.41. The van der Waals surface area contributed by atoms with Gasteiger partial charge in [0, 0.05) is 36.0 Å². The van der Waals surface area contributed by atoms with Crippen LogP contribution in [0, 0.1) is 24.7 Å². The largest absolute Gasteiger partial charge is 0.457 e. The van der Waals surface area contributed by atoms with Gasteiger partial charge in [0.15, 0.2) is 0 Å². The lowest BCUT2D eigenvalue weighted by atomic mass is 9.81. The summed E-state index contributed by atoms with van der Waals surface area (Å²) in [6, 6.07) is 0. The molecular weight excluding hydrogens is 442 g/mol. The molecule has 1 aliphatic rings. The molecule has 0 saturated carbocycles. The summed E-state index contributed by atoms with van der Waals surface area (Å²) >= 11 is 1.53. The molecule has 1 aromatic heterocycles. The molecule has 0 saturated heterocycles. The maximum Gasteiger partial charge on any atom is 0.309 e. The normalized spacial score (nSPS) is 32.5. The van der Waals surface area contributed by atoms with Crippen molar-refractivity contribution in [2.24, 2.45) is 17.8 Å². The van der Waals surface area contributed by atoms with Crippen molar-refractivity contribution in [1.82, 2.24) is 4.98 Å². The van der Waals surface area contributed by atoms with E-state index in [-0.39, 0.29) is 24.4 Å². The van der Waals surface area contributed by atoms with E-state index >= 15 is 0 Å². The van der Waals surface area contributed by atoms with E-state index < -0.39 is 42.0 Å². The van der Waals surface area contributed by atoms with Gasteiger partial charge in [-0.1, -0.05) is 32.9 Å². The highest BCUT2D eigenvalue weighted by Gasteiger charge is 2.35. The Morgan fingerprint density at radius 3 is 2.45 bits per heavy atom. The van der Waals surface area contributed by atoms with Gasteiger partial charge in [-0.3, -0.25) is 14.4 Å². The lowest BCUT2D eigenvalue weighted by Gasteiger charge is -2.27. The quantitative estimate of drug-likeness (QED) is 0.493. The van der Waals surface area contributed by atoms with Crippen molar-refractivity contribution < 1.29 is 29.3 Å². The van der Waals surface area contributed by atoms with Gasteiger partial charge in [-0.2, -0.15) is 0 Å². The SMILES string of the molecule is C/C(=C\c1csc(C)n1)[C@@H]1C/C=C\CCC(=O)[C@H](C)[C@H](O)[C@@H](C)C(=O)C(C)[C@@H](O)CC(=O)O1. The first-order valence-corrected chi connectivity index (χ1v) is 12.3. The minimum absolute atomic E-state index is 0.120. The van der Waals surface area contributed by atoms with Crippen LogP contribution in [0.2, 0.25) is 0 Å². The molecule has 2 heterocycles. The molecule has 33 heavy (non-hydrogen) atoms. The fraction of sp³-hybridized carbons (Fsp3) is 0.600. The summed E-state index contributed by atoms with van der Waals surface area (Å²) in [6.07, 6.45) is 3.44. The predicted molar refractivity (Wildman–Crippen MR) is 128 cm³/mol. The molecule has 7 nitrogen and oxygen atoms in total. The number of rotatable bonds is 2. The number of carbonyl (C=O) groups excluding carboxylic acids is 3. The number of hydrogen-bond donors (Lipinski definition) is 2. The van der Waals surface area contributed by atoms with E-state index in [1.807, 2.05) is 37.5 Å². The molecule has 1 unspecified atom stereocenters. The third-order valence-corrected chi connectivity index (χ3v) is 7.04. The van der Waals surface area contributed by atoms with Crippen LogP contribution in [0.1, 0.15) is 64.1 Å². The van der Waals surface area contributed by atoms with Crippen LogP contribution in [0.5, 0.6) is 0 Å². The number of thiazole rings is 1. The number of cyclic esters (lactones) is 1. The molecule has 0 fully saturated rings. The van der Waals surface area contributed by atoms with Crippen LogP contribution < -0.4 is 0 Å². The van der Waals surface area contributed by atoms with Crippen LogP contribution in [0.3, 0.4) is 0 Å². The van der Waals surface area contributed by atoms with Gasteiger partial charge in [-0.25, -0.2) is 4.98 Å². The van der Waals surface area contributed by atoms with Crippen LogP contribution in [0.4, 0.5) is 0 Å². The number of aliphatic hydroxyl groups is 2. The summed E-state index contributed by atoms with van der Waals surface area (Å²) < 4.78 is 5.66. The number of ketones is 2. The number of aromatic nitrogens is 1. The number of esters is 1. The fourth-order valence-electron chi connectivity index (χ4n) is 3.84. The molecule has 0 aromatic carbocycles. The third kappa shape index (κ3) is 7.69. The van der Waals surface area contributed by atoms with Crippen molar-refractivity contribution in [2.45, 2.75) is 78.6 Å². The number of carbonyl (C=O) groups is 3. The van der Waals surface area contributed by atoms with Crippen molar-refractivity contribution in [1.29, 1.82) is 0 Å². The van der Waals surface area contributed by atoms with E-state index in [1.165, 1.54) is 18.3 Å². The molecule has 1 aliphatic heterocycles. The highest BCUT2D eigenvalue weighted by Crippen LogP contribution is 2.24. The van der Waals surface area contributed by atoms with E-state index in [0.29, 0.717) is 12.8 Å². The molecule has 0 amide bonds. The number of Topliss-reactive ketones (excluding diaryl/α,β-unsaturated/α-hetero) is 2. The summed E-state index contributed by atoms with van der Waals surface area (Å²) in [6.45, 7) is 8.46. The molecule has 1 aromatic rings. The molecule has 6 atom stereocenters. The minimum atomic E-state index is -1.25. The highest BCUT2D eigenvalue weighted by atomic mass is 32.1. The Kier molecular flexibility index (Phi) is 10.1. The zero-order chi connectivity index (χ0) is 24.7. The Balaban J connectivity index is 2.27. The monoisotopic (exact) mass is 477 g/mol. The molecule has 2 rings (SSSR count). The van der Waals surface area contributed by atoms with Crippen LogP contribution in [-0.2, 0) is 19.1 Å². The highest BCUT2D eigenvalue weighted by molar-refractivity contribution is 7.09. The molecule has 8 heteroatoms. The van der Waals surface area contributed by atoms with Crippen molar-refractivity contribution in [3.8, 4) is 0 Å². The van der Waals surface area contributed by atoms with Gasteiger partial charge in [-0.15, -0.1) is 11.3 Å². The standard InChI is InChI=1S/C25H35NO6S/c1-14(11-19-13-33-18(5)26-19)22-10-8-6-7-9-20(27)15(2)24(30)17(4)25(31)16(3)21(28)12-23(29)32-22/h6,8,11,13,15-17,21-22,24,28,30H,7,9-10,12H2,1-5H3/b8-6-,14-11+/t15-,16?,17+,21-,22-,24-/m0/s1. The smallest absolute Gasteiger partial charge is 0.309 e. The zero-order valence-corrected chi connectivity index (χ0v) is 20.8. The molecular formula is C25H35NO6S. The van der Waals surface area contributed by atoms with E-state index in [9.17, 15) is 24.6 Å². The van der Waals surface area contributed by atoms with Gasteiger partial charge >= 0.3 is 5.97 Å². The van der Waals surface area contributed by atoms with Gasteiger partial charge in [0.05, 0.1) is 29.3 Å². The van der Waals surface area contributed by atoms with Crippen LogP contribution in [-0.4, -0.2) is 51.0 Å². The molecule has 2 N–H and O–H groups in total. The lowest BCUT2D eigenvalue weighted by molar-refractivity contribution is -0.151. The zero-order valence-electron chi connectivity index (χ0n) is 20.0. The summed E-state index contributed by atoms with van der Waals surface area (Å²) in [5.41, 5.74) is 1.59. The number of ether oxygens (including phenoxy) is 1. The summed E-state index contributed by atoms with van der Waals surface area (Å²) in [5, 5.41) is 23.9. The Hall–Kier alpha value is -2.16. The topological polar surface area (TPSA) is 114 Å². The number of aryl methyl sites for hydroxylation is 1. The van der Waals surface area contributed by atoms with E-state index in [2.05, 4.69) is 4.98 Å². The first-order chi connectivity index (χ1) is 15.5. The molecule has 182 valence electrons. The number of nitrogens with zero attached hydrogens (tertiary/aromatic N) is 1. The average molecular weight is 478 g/mol. The maximum absolute atomic E-state index is 12.8. The molecule has 0 bridgehead atoms. The van der Waals surface area contributed by atoms with Gasteiger partial charge in [0.25, 0.3) is 0 Å². The van der Waals surface area contributed by atoms with Crippen LogP contribution in [0.25, 0.3) is 6.08 Å². The van der Waals surface area contributed by atoms with Gasteiger partial charge in [0.1, 0.15) is 17.7 Å². The van der Waals surface area contributed by atoms with Crippen molar-refractivity contribution in [3.63, 3.8) is 0 Å². The first-order valence-electron chi connectivity index (χ1n) is 11.4. The summed E-state index contributed by atoms with van der Waals surface area (Å²) in [5.74, 6) is -3.53. The Morgan fingerprint density at radius 1 is 1.12 bits per heavy atom. The molecule has 0 spiro atoms. The number of aliphatic hydroxyl groups excluding tert-OH is 2. The Labute approximate surface area is 199 Å². The summed E-state index contributed by atoms with van der Waals surface area (Å²) in [4.78, 5) is 42.3. The van der Waals surface area contributed by atoms with Gasteiger partial charge < -0.3 is 14.9 Å². The van der Waals surface area contributed by atoms with Gasteiger partial charge in [-0.05, 0) is 31.9 Å². The Morgan fingerprint density at radius 2 is 1.82 bits per heavy atom. The second kappa shape index (κ2) is 12.3. The second-order valence-electron chi connectivity index (χ2n) is 8.90. The minimum Gasteiger partial charge on any atom is -0.457 e. The van der Waals surface area contributed by atoms with Crippen molar-refractivity contribution >= 4 is 34.9 Å². The number of hydrogen-bond acceptors (Lipinski definition) is 8. The van der Waals surface area contributed by atoms with Crippen molar-refractivity contribution in [2.75, 3.05) is 0 Å². The van der Waals surface area contributed by atoms with Crippen LogP contribution >= 0.6 is 11.3 Å². The van der Waals surface area contributed by atoms with E-state index in [0.717, 1.165) is 16.3 Å². The van der Waals surface area contributed by atoms with E-state index in [1.54, 1.807) is 13.8 Å².